The highest BCUT2D eigenvalue weighted by Gasteiger charge is 2.29. The molecule has 3 amide bonds. The zero-order valence-electron chi connectivity index (χ0n) is 15.4. The Morgan fingerprint density at radius 2 is 1.62 bits per heavy atom. The summed E-state index contributed by atoms with van der Waals surface area (Å²) in [6, 6.07) is 20.8. The quantitative estimate of drug-likeness (QED) is 0.661. The Bertz CT molecular complexity index is 1110. The summed E-state index contributed by atoms with van der Waals surface area (Å²) in [5.41, 5.74) is 3.21. The zero-order valence-corrected chi connectivity index (χ0v) is 16.1. The van der Waals surface area contributed by atoms with Crippen molar-refractivity contribution in [3.05, 3.63) is 100 Å². The molecule has 0 bridgehead atoms. The van der Waals surface area contributed by atoms with E-state index in [4.69, 9.17) is 11.6 Å². The third-order valence-corrected chi connectivity index (χ3v) is 5.02. The van der Waals surface area contributed by atoms with E-state index in [0.717, 1.165) is 11.1 Å². The number of carbonyl (C=O) groups is 3. The third-order valence-electron chi connectivity index (χ3n) is 4.79. The van der Waals surface area contributed by atoms with Gasteiger partial charge in [0, 0.05) is 21.8 Å². The predicted octanol–water partition coefficient (Wildman–Crippen LogP) is 4.32. The largest absolute Gasteiger partial charge is 0.322 e. The second-order valence-electron chi connectivity index (χ2n) is 6.78. The van der Waals surface area contributed by atoms with Crippen molar-refractivity contribution >= 4 is 35.0 Å². The van der Waals surface area contributed by atoms with Gasteiger partial charge in [0.05, 0.1) is 13.0 Å². The topological polar surface area (TPSA) is 66.5 Å². The van der Waals surface area contributed by atoms with Gasteiger partial charge in [-0.2, -0.15) is 0 Å². The highest BCUT2D eigenvalue weighted by atomic mass is 35.5. The van der Waals surface area contributed by atoms with Crippen LogP contribution in [0.5, 0.6) is 0 Å². The fraction of sp³-hybridized carbons (Fsp3) is 0.0870. The van der Waals surface area contributed by atoms with Crippen LogP contribution in [-0.4, -0.2) is 22.6 Å². The van der Waals surface area contributed by atoms with E-state index < -0.39 is 0 Å². The summed E-state index contributed by atoms with van der Waals surface area (Å²) < 4.78 is 0. The van der Waals surface area contributed by atoms with Crippen LogP contribution in [0.15, 0.2) is 72.8 Å². The minimum atomic E-state index is -0.387. The zero-order chi connectivity index (χ0) is 20.4. The molecule has 6 heteroatoms. The normalized spacial score (nSPS) is 13.0. The lowest BCUT2D eigenvalue weighted by molar-refractivity contribution is -0.129. The molecular formula is C23H17ClN2O3. The molecule has 0 aliphatic carbocycles. The Balaban J connectivity index is 1.56. The molecule has 0 fully saturated rings. The molecular weight excluding hydrogens is 388 g/mol. The van der Waals surface area contributed by atoms with Gasteiger partial charge < -0.3 is 5.32 Å². The van der Waals surface area contributed by atoms with E-state index in [9.17, 15) is 14.4 Å². The first kappa shape index (κ1) is 18.9. The van der Waals surface area contributed by atoms with Gasteiger partial charge >= 0.3 is 0 Å². The maximum Gasteiger partial charge on any atom is 0.260 e. The van der Waals surface area contributed by atoms with Gasteiger partial charge in [0.15, 0.2) is 0 Å². The molecule has 144 valence electrons. The smallest absolute Gasteiger partial charge is 0.260 e. The molecule has 3 aromatic rings. The fourth-order valence-electron chi connectivity index (χ4n) is 3.30. The predicted molar refractivity (Wildman–Crippen MR) is 111 cm³/mol. The standard InChI is InChI=1S/C23H17ClN2O3/c24-19-8-4-7-17(11-19)23(29)26-14-18-12-20(10-9-16(18)13-21(26)27)25-22(28)15-5-2-1-3-6-15/h1-12H,13-14H2,(H,25,28). The van der Waals surface area contributed by atoms with Crippen LogP contribution < -0.4 is 5.32 Å². The number of rotatable bonds is 3. The number of fused-ring (bicyclic) bond motifs is 1. The summed E-state index contributed by atoms with van der Waals surface area (Å²) in [5.74, 6) is -0.866. The molecule has 3 aromatic carbocycles. The molecule has 1 heterocycles. The molecule has 29 heavy (non-hydrogen) atoms. The molecule has 0 saturated heterocycles. The van der Waals surface area contributed by atoms with Gasteiger partial charge in [0.1, 0.15) is 0 Å². The van der Waals surface area contributed by atoms with Gasteiger partial charge in [0.25, 0.3) is 11.8 Å². The van der Waals surface area contributed by atoms with Crippen LogP contribution in [0.4, 0.5) is 5.69 Å². The second kappa shape index (κ2) is 7.89. The summed E-state index contributed by atoms with van der Waals surface area (Å²) >= 11 is 5.97. The molecule has 1 aliphatic rings. The Morgan fingerprint density at radius 3 is 2.38 bits per heavy atom. The third kappa shape index (κ3) is 4.05. The molecule has 1 N–H and O–H groups in total. The van der Waals surface area contributed by atoms with E-state index in [1.807, 2.05) is 12.1 Å². The molecule has 1 aliphatic heterocycles. The molecule has 0 aromatic heterocycles. The summed E-state index contributed by atoms with van der Waals surface area (Å²) in [5, 5.41) is 3.29. The Labute approximate surface area is 172 Å². The number of imide groups is 1. The van der Waals surface area contributed by atoms with E-state index in [2.05, 4.69) is 5.32 Å². The summed E-state index contributed by atoms with van der Waals surface area (Å²) in [6.07, 6.45) is 0.133. The van der Waals surface area contributed by atoms with Crippen molar-refractivity contribution in [2.75, 3.05) is 5.32 Å². The van der Waals surface area contributed by atoms with E-state index >= 15 is 0 Å². The SMILES string of the molecule is O=C(Nc1ccc2c(c1)CN(C(=O)c1cccc(Cl)c1)C(=O)C2)c1ccccc1. The van der Waals surface area contributed by atoms with Crippen molar-refractivity contribution in [2.45, 2.75) is 13.0 Å². The van der Waals surface area contributed by atoms with Gasteiger partial charge in [-0.25, -0.2) is 0 Å². The summed E-state index contributed by atoms with van der Waals surface area (Å²) in [7, 11) is 0. The van der Waals surface area contributed by atoms with Crippen LogP contribution in [0.3, 0.4) is 0 Å². The van der Waals surface area contributed by atoms with Crippen molar-refractivity contribution < 1.29 is 14.4 Å². The molecule has 5 nitrogen and oxygen atoms in total. The monoisotopic (exact) mass is 404 g/mol. The van der Waals surface area contributed by atoms with Crippen LogP contribution >= 0.6 is 11.6 Å². The van der Waals surface area contributed by atoms with Crippen LogP contribution in [-0.2, 0) is 17.8 Å². The number of anilines is 1. The number of carbonyl (C=O) groups excluding carboxylic acids is 3. The Morgan fingerprint density at radius 1 is 0.862 bits per heavy atom. The number of nitrogens with one attached hydrogen (secondary N) is 1. The Kier molecular flexibility index (Phi) is 5.14. The lowest BCUT2D eigenvalue weighted by atomic mass is 9.97. The molecule has 0 radical (unpaired) electrons. The molecule has 0 atom stereocenters. The van der Waals surface area contributed by atoms with E-state index in [0.29, 0.717) is 21.8 Å². The first-order chi connectivity index (χ1) is 14.0. The average Bonchev–Trinajstić information content (AvgIpc) is 2.73. The van der Waals surface area contributed by atoms with E-state index in [1.165, 1.54) is 4.90 Å². The van der Waals surface area contributed by atoms with Crippen molar-refractivity contribution in [2.24, 2.45) is 0 Å². The highest BCUT2D eigenvalue weighted by molar-refractivity contribution is 6.31. The lowest BCUT2D eigenvalue weighted by Gasteiger charge is -2.27. The number of hydrogen-bond donors (Lipinski definition) is 1. The minimum absolute atomic E-state index is 0.133. The van der Waals surface area contributed by atoms with Gasteiger partial charge in [-0.05, 0) is 53.6 Å². The number of amides is 3. The van der Waals surface area contributed by atoms with Crippen LogP contribution in [0.1, 0.15) is 31.8 Å². The fourth-order valence-corrected chi connectivity index (χ4v) is 3.49. The van der Waals surface area contributed by atoms with Crippen molar-refractivity contribution in [3.63, 3.8) is 0 Å². The molecule has 0 saturated carbocycles. The Hall–Kier alpha value is -3.44. The van der Waals surface area contributed by atoms with E-state index in [1.54, 1.807) is 60.7 Å². The van der Waals surface area contributed by atoms with Gasteiger partial charge in [0.2, 0.25) is 5.91 Å². The van der Waals surface area contributed by atoms with Crippen LogP contribution in [0.2, 0.25) is 5.02 Å². The average molecular weight is 405 g/mol. The molecule has 4 rings (SSSR count). The van der Waals surface area contributed by atoms with Crippen LogP contribution in [0, 0.1) is 0 Å². The van der Waals surface area contributed by atoms with Gasteiger partial charge in [-0.1, -0.05) is 41.9 Å². The number of halogens is 1. The van der Waals surface area contributed by atoms with Crippen molar-refractivity contribution in [1.82, 2.24) is 4.90 Å². The van der Waals surface area contributed by atoms with Gasteiger partial charge in [-0.15, -0.1) is 0 Å². The van der Waals surface area contributed by atoms with E-state index in [-0.39, 0.29) is 30.7 Å². The minimum Gasteiger partial charge on any atom is -0.322 e. The highest BCUT2D eigenvalue weighted by Crippen LogP contribution is 2.25. The van der Waals surface area contributed by atoms with Crippen molar-refractivity contribution in [1.29, 1.82) is 0 Å². The van der Waals surface area contributed by atoms with Gasteiger partial charge in [-0.3, -0.25) is 19.3 Å². The first-order valence-electron chi connectivity index (χ1n) is 9.10. The molecule has 0 unspecified atom stereocenters. The number of nitrogens with zero attached hydrogens (tertiary/aromatic N) is 1. The first-order valence-corrected chi connectivity index (χ1v) is 9.47. The maximum absolute atomic E-state index is 12.8. The summed E-state index contributed by atoms with van der Waals surface area (Å²) in [6.45, 7) is 0.147. The second-order valence-corrected chi connectivity index (χ2v) is 7.21. The number of benzene rings is 3. The summed E-state index contributed by atoms with van der Waals surface area (Å²) in [4.78, 5) is 38.9. The maximum atomic E-state index is 12.8. The number of hydrogen-bond acceptors (Lipinski definition) is 3. The lowest BCUT2D eigenvalue weighted by Crippen LogP contribution is -2.40. The van der Waals surface area contributed by atoms with Crippen LogP contribution in [0.25, 0.3) is 0 Å². The van der Waals surface area contributed by atoms with Crippen molar-refractivity contribution in [3.8, 4) is 0 Å². The molecule has 0 spiro atoms.